The molecule has 1 aliphatic carbocycles. The number of carbonyl (C=O) groups excluding carboxylic acids is 1. The molecule has 3 N–H and O–H groups in total. The average Bonchev–Trinajstić information content (AvgIpc) is 2.42. The molecule has 0 heterocycles. The van der Waals surface area contributed by atoms with E-state index in [0.717, 1.165) is 32.1 Å². The summed E-state index contributed by atoms with van der Waals surface area (Å²) in [5.41, 5.74) is 1.24. The monoisotopic (exact) mass is 339 g/mol. The highest BCUT2D eigenvalue weighted by Crippen LogP contribution is 2.39. The minimum atomic E-state index is -4.99. The summed E-state index contributed by atoms with van der Waals surface area (Å²) >= 11 is 0. The first-order valence-corrected chi connectivity index (χ1v) is 8.14. The standard InChI is InChI=1S/C16H28F3NO3/c1-14(2,3)23-13(21)12(20)15(22,16(17,18)19)10-9-11-7-5-4-6-8-11/h11-12,22H,4-10,20H2,1-3H3/t12-,15-/m1/s1. The van der Waals surface area contributed by atoms with Crippen LogP contribution in [-0.2, 0) is 9.53 Å². The number of halogens is 3. The number of esters is 1. The molecular formula is C16H28F3NO3. The summed E-state index contributed by atoms with van der Waals surface area (Å²) in [6.45, 7) is 4.60. The molecule has 0 aromatic carbocycles. The van der Waals surface area contributed by atoms with Crippen LogP contribution >= 0.6 is 0 Å². The molecule has 0 bridgehead atoms. The van der Waals surface area contributed by atoms with E-state index in [9.17, 15) is 23.1 Å². The predicted molar refractivity (Wildman–Crippen MR) is 80.6 cm³/mol. The Morgan fingerprint density at radius 3 is 2.17 bits per heavy atom. The number of hydrogen-bond donors (Lipinski definition) is 2. The Kier molecular flexibility index (Phi) is 6.49. The Hall–Kier alpha value is -0.820. The van der Waals surface area contributed by atoms with Gasteiger partial charge in [-0.15, -0.1) is 0 Å². The summed E-state index contributed by atoms with van der Waals surface area (Å²) in [5.74, 6) is -1.09. The van der Waals surface area contributed by atoms with Crippen LogP contribution in [0.5, 0.6) is 0 Å². The first-order valence-electron chi connectivity index (χ1n) is 8.14. The highest BCUT2D eigenvalue weighted by atomic mass is 19.4. The van der Waals surface area contributed by atoms with Gasteiger partial charge in [0, 0.05) is 0 Å². The van der Waals surface area contributed by atoms with Crippen LogP contribution in [0.15, 0.2) is 0 Å². The van der Waals surface area contributed by atoms with Crippen LogP contribution < -0.4 is 5.73 Å². The molecule has 0 unspecified atom stereocenters. The molecule has 0 saturated heterocycles. The van der Waals surface area contributed by atoms with Crippen molar-refractivity contribution in [2.75, 3.05) is 0 Å². The second-order valence-electron chi connectivity index (χ2n) is 7.48. The Balaban J connectivity index is 2.82. The summed E-state index contributed by atoms with van der Waals surface area (Å²) in [4.78, 5) is 11.9. The molecule has 0 aliphatic heterocycles. The second-order valence-corrected chi connectivity index (χ2v) is 7.48. The molecule has 23 heavy (non-hydrogen) atoms. The third-order valence-corrected chi connectivity index (χ3v) is 4.32. The van der Waals surface area contributed by atoms with E-state index >= 15 is 0 Å². The van der Waals surface area contributed by atoms with Crippen LogP contribution in [0.3, 0.4) is 0 Å². The molecule has 1 aliphatic rings. The van der Waals surface area contributed by atoms with E-state index in [0.29, 0.717) is 0 Å². The number of hydrogen-bond acceptors (Lipinski definition) is 4. The van der Waals surface area contributed by atoms with Gasteiger partial charge in [-0.2, -0.15) is 13.2 Å². The van der Waals surface area contributed by atoms with E-state index in [1.165, 1.54) is 20.8 Å². The molecule has 1 saturated carbocycles. The maximum atomic E-state index is 13.4. The Morgan fingerprint density at radius 2 is 1.74 bits per heavy atom. The van der Waals surface area contributed by atoms with Crippen LogP contribution in [0.25, 0.3) is 0 Å². The van der Waals surface area contributed by atoms with Crippen molar-refractivity contribution in [2.45, 2.75) is 89.1 Å². The Bertz CT molecular complexity index is 400. The van der Waals surface area contributed by atoms with Gasteiger partial charge < -0.3 is 15.6 Å². The molecule has 2 atom stereocenters. The second kappa shape index (κ2) is 7.38. The van der Waals surface area contributed by atoms with Crippen molar-refractivity contribution in [3.8, 4) is 0 Å². The lowest BCUT2D eigenvalue weighted by atomic mass is 9.80. The van der Waals surface area contributed by atoms with Gasteiger partial charge >= 0.3 is 12.1 Å². The Morgan fingerprint density at radius 1 is 1.22 bits per heavy atom. The quantitative estimate of drug-likeness (QED) is 0.754. The number of rotatable bonds is 5. The van der Waals surface area contributed by atoms with Crippen molar-refractivity contribution in [3.05, 3.63) is 0 Å². The molecule has 1 fully saturated rings. The van der Waals surface area contributed by atoms with Crippen LogP contribution in [0.2, 0.25) is 0 Å². The zero-order valence-electron chi connectivity index (χ0n) is 14.1. The van der Waals surface area contributed by atoms with Gasteiger partial charge in [0.2, 0.25) is 0 Å². The molecule has 0 aromatic heterocycles. The molecule has 136 valence electrons. The lowest BCUT2D eigenvalue weighted by Gasteiger charge is -2.36. The van der Waals surface area contributed by atoms with Crippen molar-refractivity contribution in [1.82, 2.24) is 0 Å². The number of ether oxygens (including phenoxy) is 1. The molecular weight excluding hydrogens is 311 g/mol. The zero-order chi connectivity index (χ0) is 17.9. The van der Waals surface area contributed by atoms with Gasteiger partial charge in [-0.3, -0.25) is 4.79 Å². The first kappa shape index (κ1) is 20.2. The third-order valence-electron chi connectivity index (χ3n) is 4.32. The van der Waals surface area contributed by atoms with E-state index in [1.807, 2.05) is 0 Å². The van der Waals surface area contributed by atoms with E-state index < -0.39 is 35.8 Å². The summed E-state index contributed by atoms with van der Waals surface area (Å²) in [6.07, 6.45) is -0.574. The fourth-order valence-electron chi connectivity index (χ4n) is 2.93. The highest BCUT2D eigenvalue weighted by Gasteiger charge is 2.60. The molecule has 0 radical (unpaired) electrons. The molecule has 0 spiro atoms. The average molecular weight is 339 g/mol. The van der Waals surface area contributed by atoms with Crippen molar-refractivity contribution in [3.63, 3.8) is 0 Å². The summed E-state index contributed by atoms with van der Waals surface area (Å²) < 4.78 is 45.0. The molecule has 4 nitrogen and oxygen atoms in total. The SMILES string of the molecule is CC(C)(C)OC(=O)[C@@H](N)[C@](O)(CCC1CCCCC1)C(F)(F)F. The molecule has 1 rings (SSSR count). The smallest absolute Gasteiger partial charge is 0.419 e. The van der Waals surface area contributed by atoms with Gasteiger partial charge in [0.15, 0.2) is 5.60 Å². The summed E-state index contributed by atoms with van der Waals surface area (Å²) in [5, 5.41) is 10.2. The number of alkyl halides is 3. The van der Waals surface area contributed by atoms with E-state index in [2.05, 4.69) is 0 Å². The minimum absolute atomic E-state index is 0.142. The highest BCUT2D eigenvalue weighted by molar-refractivity contribution is 5.77. The fourth-order valence-corrected chi connectivity index (χ4v) is 2.93. The largest absolute Gasteiger partial charge is 0.459 e. The number of carbonyl (C=O) groups is 1. The third kappa shape index (κ3) is 5.64. The van der Waals surface area contributed by atoms with Crippen molar-refractivity contribution < 1.29 is 27.8 Å². The van der Waals surface area contributed by atoms with Crippen LogP contribution in [0.1, 0.15) is 65.7 Å². The molecule has 7 heteroatoms. The minimum Gasteiger partial charge on any atom is -0.459 e. The summed E-state index contributed by atoms with van der Waals surface area (Å²) in [6, 6.07) is -2.15. The van der Waals surface area contributed by atoms with Crippen molar-refractivity contribution in [2.24, 2.45) is 11.7 Å². The zero-order valence-corrected chi connectivity index (χ0v) is 14.1. The lowest BCUT2D eigenvalue weighted by molar-refractivity contribution is -0.272. The maximum Gasteiger partial charge on any atom is 0.419 e. The van der Waals surface area contributed by atoms with Gasteiger partial charge in [0.05, 0.1) is 0 Å². The normalized spacial score (nSPS) is 21.6. The Labute approximate surface area is 135 Å². The van der Waals surface area contributed by atoms with Gasteiger partial charge in [-0.1, -0.05) is 32.1 Å². The predicted octanol–water partition coefficient (Wildman–Crippen LogP) is 3.31. The number of nitrogens with two attached hydrogens (primary N) is 1. The fraction of sp³-hybridized carbons (Fsp3) is 0.938. The maximum absolute atomic E-state index is 13.4. The lowest BCUT2D eigenvalue weighted by Crippen LogP contribution is -2.62. The van der Waals surface area contributed by atoms with Crippen LogP contribution in [0.4, 0.5) is 13.2 Å². The van der Waals surface area contributed by atoms with Gasteiger partial charge in [-0.05, 0) is 39.5 Å². The van der Waals surface area contributed by atoms with Gasteiger partial charge in [-0.25, -0.2) is 0 Å². The van der Waals surface area contributed by atoms with Crippen molar-refractivity contribution >= 4 is 5.97 Å². The van der Waals surface area contributed by atoms with E-state index in [-0.39, 0.29) is 12.3 Å². The van der Waals surface area contributed by atoms with E-state index in [1.54, 1.807) is 0 Å². The van der Waals surface area contributed by atoms with Crippen molar-refractivity contribution in [1.29, 1.82) is 0 Å². The van der Waals surface area contributed by atoms with Crippen LogP contribution in [-0.4, -0.2) is 34.5 Å². The van der Waals surface area contributed by atoms with E-state index in [4.69, 9.17) is 10.5 Å². The van der Waals surface area contributed by atoms with Gasteiger partial charge in [0.25, 0.3) is 0 Å². The molecule has 0 aromatic rings. The van der Waals surface area contributed by atoms with Gasteiger partial charge in [0.1, 0.15) is 11.6 Å². The number of aliphatic hydroxyl groups is 1. The molecule has 0 amide bonds. The topological polar surface area (TPSA) is 72.5 Å². The first-order chi connectivity index (χ1) is 10.4. The van der Waals surface area contributed by atoms with Crippen LogP contribution in [0, 0.1) is 5.92 Å². The summed E-state index contributed by atoms with van der Waals surface area (Å²) in [7, 11) is 0.